The summed E-state index contributed by atoms with van der Waals surface area (Å²) in [5, 5.41) is 10.7. The van der Waals surface area contributed by atoms with E-state index in [-0.39, 0.29) is 12.3 Å². The molecule has 0 atom stereocenters. The summed E-state index contributed by atoms with van der Waals surface area (Å²) in [6.45, 7) is 0.791. The van der Waals surface area contributed by atoms with Crippen molar-refractivity contribution in [2.75, 3.05) is 20.3 Å². The van der Waals surface area contributed by atoms with Crippen LogP contribution in [0.4, 0.5) is 0 Å². The number of hydrogen-bond acceptors (Lipinski definition) is 7. The van der Waals surface area contributed by atoms with Gasteiger partial charge in [-0.3, -0.25) is 9.78 Å². The van der Waals surface area contributed by atoms with E-state index >= 15 is 0 Å². The van der Waals surface area contributed by atoms with Gasteiger partial charge in [-0.05, 0) is 36.4 Å². The Kier molecular flexibility index (Phi) is 6.35. The molecule has 0 unspecified atom stereocenters. The second kappa shape index (κ2) is 9.33. The van der Waals surface area contributed by atoms with Crippen LogP contribution in [0.1, 0.15) is 12.3 Å². The van der Waals surface area contributed by atoms with E-state index in [2.05, 4.69) is 20.5 Å². The van der Waals surface area contributed by atoms with Gasteiger partial charge in [0.25, 0.3) is 0 Å². The van der Waals surface area contributed by atoms with E-state index in [1.165, 1.54) is 0 Å². The molecule has 1 N–H and O–H groups in total. The summed E-state index contributed by atoms with van der Waals surface area (Å²) >= 11 is 0. The van der Waals surface area contributed by atoms with Gasteiger partial charge in [0, 0.05) is 25.2 Å². The van der Waals surface area contributed by atoms with Crippen molar-refractivity contribution in [1.82, 2.24) is 20.5 Å². The molecule has 0 aliphatic heterocycles. The first-order valence-electron chi connectivity index (χ1n) is 8.51. The van der Waals surface area contributed by atoms with Crippen molar-refractivity contribution in [2.45, 2.75) is 12.8 Å². The van der Waals surface area contributed by atoms with Crippen molar-refractivity contribution in [3.63, 3.8) is 0 Å². The van der Waals surface area contributed by atoms with E-state index in [1.54, 1.807) is 25.6 Å². The van der Waals surface area contributed by atoms with Crippen LogP contribution < -0.4 is 14.8 Å². The number of aromatic nitrogens is 3. The highest BCUT2D eigenvalue weighted by atomic mass is 16.5. The SMILES string of the molecule is COc1ccc(OCCNC(=O)CCc2nnc(-c3cccnc3)o2)cc1. The van der Waals surface area contributed by atoms with Gasteiger partial charge in [-0.15, -0.1) is 10.2 Å². The number of amides is 1. The molecule has 140 valence electrons. The van der Waals surface area contributed by atoms with Crippen LogP contribution in [0.2, 0.25) is 0 Å². The van der Waals surface area contributed by atoms with Crippen molar-refractivity contribution in [1.29, 1.82) is 0 Å². The molecule has 8 heteroatoms. The highest BCUT2D eigenvalue weighted by molar-refractivity contribution is 5.76. The minimum Gasteiger partial charge on any atom is -0.497 e. The van der Waals surface area contributed by atoms with Gasteiger partial charge < -0.3 is 19.2 Å². The maximum Gasteiger partial charge on any atom is 0.249 e. The Balaban J connectivity index is 1.35. The molecule has 0 saturated heterocycles. The Labute approximate surface area is 156 Å². The minimum atomic E-state index is -0.102. The number of pyridine rings is 1. The number of carbonyl (C=O) groups excluding carboxylic acids is 1. The number of benzene rings is 1. The third-order valence-corrected chi connectivity index (χ3v) is 3.69. The fourth-order valence-electron chi connectivity index (χ4n) is 2.30. The van der Waals surface area contributed by atoms with Crippen LogP contribution in [0.25, 0.3) is 11.5 Å². The number of ether oxygens (including phenoxy) is 2. The molecule has 8 nitrogen and oxygen atoms in total. The summed E-state index contributed by atoms with van der Waals surface area (Å²) in [6.07, 6.45) is 3.95. The van der Waals surface area contributed by atoms with Gasteiger partial charge in [-0.2, -0.15) is 0 Å². The smallest absolute Gasteiger partial charge is 0.249 e. The lowest BCUT2D eigenvalue weighted by atomic mass is 10.3. The van der Waals surface area contributed by atoms with Crippen LogP contribution in [0.15, 0.2) is 53.2 Å². The van der Waals surface area contributed by atoms with Crippen LogP contribution in [0.3, 0.4) is 0 Å². The van der Waals surface area contributed by atoms with Gasteiger partial charge in [-0.25, -0.2) is 0 Å². The van der Waals surface area contributed by atoms with E-state index in [9.17, 15) is 4.79 Å². The fraction of sp³-hybridized carbons (Fsp3) is 0.263. The number of rotatable bonds is 9. The van der Waals surface area contributed by atoms with E-state index in [1.807, 2.05) is 30.3 Å². The monoisotopic (exact) mass is 368 g/mol. The van der Waals surface area contributed by atoms with E-state index in [0.717, 1.165) is 17.1 Å². The molecule has 2 heterocycles. The molecule has 3 rings (SSSR count). The molecular weight excluding hydrogens is 348 g/mol. The summed E-state index contributed by atoms with van der Waals surface area (Å²) in [6, 6.07) is 10.9. The van der Waals surface area contributed by atoms with Crippen LogP contribution in [-0.4, -0.2) is 41.3 Å². The van der Waals surface area contributed by atoms with Gasteiger partial charge in [0.15, 0.2) is 0 Å². The first-order chi connectivity index (χ1) is 13.2. The molecule has 0 aliphatic carbocycles. The first-order valence-corrected chi connectivity index (χ1v) is 8.51. The summed E-state index contributed by atoms with van der Waals surface area (Å²) in [4.78, 5) is 15.9. The largest absolute Gasteiger partial charge is 0.497 e. The molecule has 1 aromatic carbocycles. The van der Waals surface area contributed by atoms with Crippen molar-refractivity contribution in [3.8, 4) is 23.0 Å². The zero-order chi connectivity index (χ0) is 18.9. The lowest BCUT2D eigenvalue weighted by Gasteiger charge is -2.08. The van der Waals surface area contributed by atoms with Crippen LogP contribution in [-0.2, 0) is 11.2 Å². The fourth-order valence-corrected chi connectivity index (χ4v) is 2.30. The number of aryl methyl sites for hydroxylation is 1. The highest BCUT2D eigenvalue weighted by Gasteiger charge is 2.10. The Morgan fingerprint density at radius 1 is 1.15 bits per heavy atom. The molecule has 0 saturated carbocycles. The normalized spacial score (nSPS) is 10.4. The second-order valence-corrected chi connectivity index (χ2v) is 5.62. The zero-order valence-electron chi connectivity index (χ0n) is 14.9. The summed E-state index contributed by atoms with van der Waals surface area (Å²) < 4.78 is 16.2. The lowest BCUT2D eigenvalue weighted by molar-refractivity contribution is -0.121. The van der Waals surface area contributed by atoms with Gasteiger partial charge >= 0.3 is 0 Å². The Morgan fingerprint density at radius 3 is 2.70 bits per heavy atom. The molecule has 0 fully saturated rings. The maximum absolute atomic E-state index is 11.9. The molecule has 0 aliphatic rings. The van der Waals surface area contributed by atoms with E-state index in [0.29, 0.717) is 31.4 Å². The molecule has 0 radical (unpaired) electrons. The van der Waals surface area contributed by atoms with E-state index < -0.39 is 0 Å². The van der Waals surface area contributed by atoms with Crippen molar-refractivity contribution in [2.24, 2.45) is 0 Å². The number of carbonyl (C=O) groups is 1. The van der Waals surface area contributed by atoms with Gasteiger partial charge in [-0.1, -0.05) is 0 Å². The van der Waals surface area contributed by atoms with Crippen molar-refractivity contribution >= 4 is 5.91 Å². The van der Waals surface area contributed by atoms with Crippen LogP contribution >= 0.6 is 0 Å². The molecule has 1 amide bonds. The third kappa shape index (κ3) is 5.53. The molecule has 0 spiro atoms. The van der Waals surface area contributed by atoms with Gasteiger partial charge in [0.1, 0.15) is 18.1 Å². The summed E-state index contributed by atoms with van der Waals surface area (Å²) in [7, 11) is 1.61. The zero-order valence-corrected chi connectivity index (χ0v) is 14.9. The number of nitrogens with zero attached hydrogens (tertiary/aromatic N) is 3. The Bertz CT molecular complexity index is 850. The second-order valence-electron chi connectivity index (χ2n) is 5.62. The number of methoxy groups -OCH3 is 1. The van der Waals surface area contributed by atoms with Crippen molar-refractivity contribution in [3.05, 3.63) is 54.7 Å². The van der Waals surface area contributed by atoms with E-state index in [4.69, 9.17) is 13.9 Å². The lowest BCUT2D eigenvalue weighted by Crippen LogP contribution is -2.28. The first kappa shape index (κ1) is 18.4. The third-order valence-electron chi connectivity index (χ3n) is 3.69. The summed E-state index contributed by atoms with van der Waals surface area (Å²) in [5.74, 6) is 2.20. The Hall–Kier alpha value is -3.42. The predicted molar refractivity (Wildman–Crippen MR) is 97.3 cm³/mol. The minimum absolute atomic E-state index is 0.102. The predicted octanol–water partition coefficient (Wildman–Crippen LogP) is 2.27. The summed E-state index contributed by atoms with van der Waals surface area (Å²) in [5.41, 5.74) is 0.747. The average Bonchev–Trinajstić information content (AvgIpc) is 3.20. The topological polar surface area (TPSA) is 99.4 Å². The van der Waals surface area contributed by atoms with Crippen molar-refractivity contribution < 1.29 is 18.7 Å². The molecule has 0 bridgehead atoms. The quantitative estimate of drug-likeness (QED) is 0.578. The molecule has 27 heavy (non-hydrogen) atoms. The number of hydrogen-bond donors (Lipinski definition) is 1. The molecule has 3 aromatic rings. The van der Waals surface area contributed by atoms with Crippen LogP contribution in [0.5, 0.6) is 11.5 Å². The van der Waals surface area contributed by atoms with Gasteiger partial charge in [0.05, 0.1) is 19.2 Å². The maximum atomic E-state index is 11.9. The standard InChI is InChI=1S/C19H20N4O4/c1-25-15-4-6-16(7-5-15)26-12-11-21-17(24)8-9-18-22-23-19(27-18)14-3-2-10-20-13-14/h2-7,10,13H,8-9,11-12H2,1H3,(H,21,24). The Morgan fingerprint density at radius 2 is 1.96 bits per heavy atom. The molecular formula is C19H20N4O4. The van der Waals surface area contributed by atoms with Crippen LogP contribution in [0, 0.1) is 0 Å². The molecule has 2 aromatic heterocycles. The average molecular weight is 368 g/mol. The van der Waals surface area contributed by atoms with Gasteiger partial charge in [0.2, 0.25) is 17.7 Å². The highest BCUT2D eigenvalue weighted by Crippen LogP contribution is 2.17. The number of nitrogens with one attached hydrogen (secondary N) is 1.